The van der Waals surface area contributed by atoms with Crippen LogP contribution in [0.3, 0.4) is 0 Å². The van der Waals surface area contributed by atoms with E-state index in [-0.39, 0.29) is 73.8 Å². The first kappa shape index (κ1) is 26.3. The Morgan fingerprint density at radius 3 is 2.39 bits per heavy atom. The summed E-state index contributed by atoms with van der Waals surface area (Å²) in [6.07, 6.45) is 2.10. The van der Waals surface area contributed by atoms with Gasteiger partial charge in [-0.3, -0.25) is 24.5 Å². The second kappa shape index (κ2) is 11.5. The number of carboxylic acid groups (broad SMARTS) is 1. The van der Waals surface area contributed by atoms with Gasteiger partial charge in [0.15, 0.2) is 11.6 Å². The number of hydrogen-bond donors (Lipinski definition) is 4. The number of fused-ring (bicyclic) bond motifs is 1. The molecule has 1 aliphatic rings. The maximum Gasteiger partial charge on any atom is 0.320 e. The zero-order chi connectivity index (χ0) is 27.2. The van der Waals surface area contributed by atoms with Gasteiger partial charge in [-0.2, -0.15) is 0 Å². The van der Waals surface area contributed by atoms with Crippen molar-refractivity contribution in [1.82, 2.24) is 25.1 Å². The number of aromatic nitrogens is 2. The number of carbonyl (C=O) groups excluding carboxylic acids is 4. The van der Waals surface area contributed by atoms with Gasteiger partial charge in [0, 0.05) is 50.9 Å². The Hall–Kier alpha value is -4.81. The van der Waals surface area contributed by atoms with Crippen molar-refractivity contribution in [3.05, 3.63) is 59.7 Å². The number of halogens is 1. The fourth-order valence-electron chi connectivity index (χ4n) is 4.11. The number of nitrogens with one attached hydrogen (secondary N) is 3. The Kier molecular flexibility index (Phi) is 7.94. The Bertz CT molecular complexity index is 1380. The van der Waals surface area contributed by atoms with Crippen LogP contribution in [0.4, 0.5) is 15.0 Å². The van der Waals surface area contributed by atoms with Crippen molar-refractivity contribution in [3.8, 4) is 0 Å². The third kappa shape index (κ3) is 5.77. The minimum atomic E-state index is -0.991. The number of aliphatic carboxylic acids is 1. The Labute approximate surface area is 215 Å². The molecule has 198 valence electrons. The molecule has 0 spiro atoms. The second-order valence-electron chi connectivity index (χ2n) is 8.56. The first-order valence-corrected chi connectivity index (χ1v) is 11.9. The van der Waals surface area contributed by atoms with Crippen LogP contribution < -0.4 is 10.6 Å². The predicted molar refractivity (Wildman–Crippen MR) is 133 cm³/mol. The van der Waals surface area contributed by atoms with E-state index in [1.54, 1.807) is 29.2 Å². The summed E-state index contributed by atoms with van der Waals surface area (Å²) in [7, 11) is 0. The van der Waals surface area contributed by atoms with E-state index < -0.39 is 29.5 Å². The van der Waals surface area contributed by atoms with Crippen LogP contribution in [0.25, 0.3) is 10.9 Å². The minimum Gasteiger partial charge on any atom is -0.481 e. The lowest BCUT2D eigenvalue weighted by Gasteiger charge is -2.34. The molecule has 0 saturated carbocycles. The molecule has 4 amide bonds. The molecule has 4 N–H and O–H groups in total. The van der Waals surface area contributed by atoms with Crippen molar-refractivity contribution in [1.29, 1.82) is 0 Å². The number of piperazine rings is 1. The van der Waals surface area contributed by atoms with Gasteiger partial charge in [0.1, 0.15) is 0 Å². The van der Waals surface area contributed by atoms with Crippen molar-refractivity contribution in [3.63, 3.8) is 0 Å². The number of H-pyrrole nitrogens is 1. The monoisotopic (exact) mass is 524 g/mol. The smallest absolute Gasteiger partial charge is 0.320 e. The molecule has 0 unspecified atom stereocenters. The van der Waals surface area contributed by atoms with Crippen LogP contribution in [0, 0.1) is 5.82 Å². The average molecular weight is 525 g/mol. The van der Waals surface area contributed by atoms with Crippen molar-refractivity contribution in [2.75, 3.05) is 38.0 Å². The summed E-state index contributed by atoms with van der Waals surface area (Å²) in [5.41, 5.74) is 0.335. The normalized spacial score (nSPS) is 13.3. The third-order valence-electron chi connectivity index (χ3n) is 6.06. The first-order valence-electron chi connectivity index (χ1n) is 11.9. The summed E-state index contributed by atoms with van der Waals surface area (Å²) in [5.74, 6) is -3.86. The first-order chi connectivity index (χ1) is 18.3. The lowest BCUT2D eigenvalue weighted by atomic mass is 10.1. The number of pyridine rings is 1. The van der Waals surface area contributed by atoms with E-state index in [2.05, 4.69) is 20.6 Å². The maximum atomic E-state index is 14.7. The zero-order valence-electron chi connectivity index (χ0n) is 20.2. The highest BCUT2D eigenvalue weighted by Gasteiger charge is 2.31. The molecule has 0 radical (unpaired) electrons. The summed E-state index contributed by atoms with van der Waals surface area (Å²) in [4.78, 5) is 70.8. The highest BCUT2D eigenvalue weighted by atomic mass is 19.1. The van der Waals surface area contributed by atoms with Gasteiger partial charge >= 0.3 is 12.0 Å². The number of anilines is 1. The van der Waals surface area contributed by atoms with Gasteiger partial charge in [-0.25, -0.2) is 14.2 Å². The molecule has 3 aromatic rings. The number of aromatic amines is 1. The van der Waals surface area contributed by atoms with E-state index in [9.17, 15) is 28.4 Å². The van der Waals surface area contributed by atoms with Crippen molar-refractivity contribution in [2.24, 2.45) is 0 Å². The lowest BCUT2D eigenvalue weighted by molar-refractivity contribution is -0.137. The summed E-state index contributed by atoms with van der Waals surface area (Å²) >= 11 is 0. The van der Waals surface area contributed by atoms with Crippen LogP contribution in [0.1, 0.15) is 33.6 Å². The number of carboxylic acids is 1. The molecule has 1 aliphatic heterocycles. The molecule has 12 nitrogen and oxygen atoms in total. The Morgan fingerprint density at radius 2 is 1.71 bits per heavy atom. The highest BCUT2D eigenvalue weighted by Crippen LogP contribution is 2.27. The zero-order valence-corrected chi connectivity index (χ0v) is 20.2. The van der Waals surface area contributed by atoms with Crippen LogP contribution in [-0.4, -0.2) is 87.2 Å². The molecule has 1 saturated heterocycles. The highest BCUT2D eigenvalue weighted by molar-refractivity contribution is 6.45. The van der Waals surface area contributed by atoms with E-state index in [4.69, 9.17) is 5.11 Å². The number of nitrogens with zero attached hydrogens (tertiary/aromatic N) is 3. The number of benzene rings is 1. The fraction of sp³-hybridized carbons (Fsp3) is 0.280. The quantitative estimate of drug-likeness (QED) is 0.198. The van der Waals surface area contributed by atoms with Gasteiger partial charge in [0.25, 0.3) is 17.6 Å². The summed E-state index contributed by atoms with van der Waals surface area (Å²) in [6, 6.07) is 8.04. The molecule has 0 aliphatic carbocycles. The van der Waals surface area contributed by atoms with Crippen LogP contribution >= 0.6 is 0 Å². The van der Waals surface area contributed by atoms with Crippen LogP contribution in [-0.2, 0) is 9.59 Å². The molecular weight excluding hydrogens is 499 g/mol. The van der Waals surface area contributed by atoms with Gasteiger partial charge in [-0.1, -0.05) is 18.2 Å². The molecular formula is C25H25FN6O6. The SMILES string of the molecule is O=C(O)CCCNC(=O)Nc1ncc(F)c2c(C(=O)C(=O)N3CCN(C(=O)c4ccccc4)CC3)c[nH]c12. The predicted octanol–water partition coefficient (Wildman–Crippen LogP) is 1.86. The molecule has 3 heterocycles. The number of amides is 4. The van der Waals surface area contributed by atoms with E-state index >= 15 is 0 Å². The summed E-state index contributed by atoms with van der Waals surface area (Å²) < 4.78 is 14.7. The Morgan fingerprint density at radius 1 is 1.03 bits per heavy atom. The lowest BCUT2D eigenvalue weighted by Crippen LogP contribution is -2.52. The van der Waals surface area contributed by atoms with E-state index in [0.29, 0.717) is 5.56 Å². The number of Topliss-reactive ketones (excluding diaryl/α,β-unsaturated/α-hetero) is 1. The molecule has 4 rings (SSSR count). The number of carbonyl (C=O) groups is 5. The van der Waals surface area contributed by atoms with Crippen molar-refractivity contribution in [2.45, 2.75) is 12.8 Å². The minimum absolute atomic E-state index is 0.0140. The molecule has 1 aromatic carbocycles. The number of rotatable bonds is 8. The van der Waals surface area contributed by atoms with E-state index in [0.717, 1.165) is 6.20 Å². The summed E-state index contributed by atoms with van der Waals surface area (Å²) in [6.45, 7) is 0.869. The van der Waals surface area contributed by atoms with Crippen LogP contribution in [0.5, 0.6) is 0 Å². The fourth-order valence-corrected chi connectivity index (χ4v) is 4.11. The second-order valence-corrected chi connectivity index (χ2v) is 8.56. The third-order valence-corrected chi connectivity index (χ3v) is 6.06. The van der Waals surface area contributed by atoms with Gasteiger partial charge in [-0.05, 0) is 18.6 Å². The van der Waals surface area contributed by atoms with Crippen molar-refractivity contribution >= 4 is 46.3 Å². The van der Waals surface area contributed by atoms with Crippen LogP contribution in [0.15, 0.2) is 42.7 Å². The van der Waals surface area contributed by atoms with E-state index in [1.807, 2.05) is 6.07 Å². The topological polar surface area (TPSA) is 165 Å². The van der Waals surface area contributed by atoms with E-state index in [1.165, 1.54) is 11.1 Å². The molecule has 38 heavy (non-hydrogen) atoms. The molecule has 0 atom stereocenters. The van der Waals surface area contributed by atoms with Crippen molar-refractivity contribution < 1.29 is 33.5 Å². The standard InChI is InChI=1S/C25H25FN6O6/c26-17-14-29-22(30-25(38)27-8-4-7-18(33)34)20-19(17)16(13-28-20)21(35)24(37)32-11-9-31(10-12-32)23(36)15-5-2-1-3-6-15/h1-3,5-6,13-14,28H,4,7-12H2,(H,33,34)(H2,27,29,30,38). The van der Waals surface area contributed by atoms with Gasteiger partial charge < -0.3 is 25.2 Å². The largest absolute Gasteiger partial charge is 0.481 e. The molecule has 2 aromatic heterocycles. The average Bonchev–Trinajstić information content (AvgIpc) is 3.38. The number of hydrogen-bond acceptors (Lipinski definition) is 6. The van der Waals surface area contributed by atoms with Gasteiger partial charge in [0.2, 0.25) is 0 Å². The number of ketones is 1. The van der Waals surface area contributed by atoms with Crippen LogP contribution in [0.2, 0.25) is 0 Å². The maximum absolute atomic E-state index is 14.7. The molecule has 13 heteroatoms. The molecule has 1 fully saturated rings. The number of urea groups is 1. The Balaban J connectivity index is 1.41. The van der Waals surface area contributed by atoms with Gasteiger partial charge in [-0.15, -0.1) is 0 Å². The summed E-state index contributed by atoms with van der Waals surface area (Å²) in [5, 5.41) is 13.3. The molecule has 0 bridgehead atoms. The van der Waals surface area contributed by atoms with Gasteiger partial charge in [0.05, 0.1) is 22.7 Å².